The lowest BCUT2D eigenvalue weighted by Gasteiger charge is -2.15. The molecule has 0 spiro atoms. The molecule has 0 N–H and O–H groups in total. The fourth-order valence-electron chi connectivity index (χ4n) is 1.53. The van der Waals surface area contributed by atoms with Crippen LogP contribution in [-0.4, -0.2) is 14.4 Å². The third kappa shape index (κ3) is 4.63. The first-order valence-electron chi connectivity index (χ1n) is 6.06. The van der Waals surface area contributed by atoms with Gasteiger partial charge < -0.3 is 0 Å². The van der Waals surface area contributed by atoms with E-state index >= 15 is 0 Å². The summed E-state index contributed by atoms with van der Waals surface area (Å²) in [5, 5.41) is 0. The van der Waals surface area contributed by atoms with Crippen LogP contribution >= 0.6 is 0 Å². The molecular formula is C14H12F6OSi. The van der Waals surface area contributed by atoms with Gasteiger partial charge in [0.2, 0.25) is 0 Å². The van der Waals surface area contributed by atoms with Crippen molar-refractivity contribution in [2.45, 2.75) is 32.0 Å². The van der Waals surface area contributed by atoms with Gasteiger partial charge in [0.15, 0.2) is 6.29 Å². The van der Waals surface area contributed by atoms with Crippen molar-refractivity contribution in [2.75, 3.05) is 0 Å². The Morgan fingerprint density at radius 2 is 1.55 bits per heavy atom. The predicted octanol–water partition coefficient (Wildman–Crippen LogP) is 4.77. The summed E-state index contributed by atoms with van der Waals surface area (Å²) in [7, 11) is -2.07. The van der Waals surface area contributed by atoms with Crippen molar-refractivity contribution in [3.63, 3.8) is 0 Å². The highest BCUT2D eigenvalue weighted by Gasteiger charge is 2.39. The molecule has 1 aromatic carbocycles. The second-order valence-electron chi connectivity index (χ2n) is 5.60. The first kappa shape index (κ1) is 18.3. The summed E-state index contributed by atoms with van der Waals surface area (Å²) < 4.78 is 77.0. The molecule has 8 heteroatoms. The molecule has 0 aliphatic rings. The summed E-state index contributed by atoms with van der Waals surface area (Å²) in [6.45, 7) is 5.29. The summed E-state index contributed by atoms with van der Waals surface area (Å²) in [5.41, 5.74) is -1.87. The van der Waals surface area contributed by atoms with E-state index in [1.54, 1.807) is 19.6 Å². The monoisotopic (exact) mass is 338 g/mol. The lowest BCUT2D eigenvalue weighted by molar-refractivity contribution is -0.143. The van der Waals surface area contributed by atoms with Crippen LogP contribution in [0.1, 0.15) is 27.0 Å². The summed E-state index contributed by atoms with van der Waals surface area (Å²) in [5.74, 6) is 2.25. The predicted molar refractivity (Wildman–Crippen MR) is 72.1 cm³/mol. The molecule has 0 radical (unpaired) electrons. The fourth-order valence-corrected chi connectivity index (χ4v) is 2.03. The van der Waals surface area contributed by atoms with E-state index in [1.807, 2.05) is 0 Å². The van der Waals surface area contributed by atoms with E-state index in [4.69, 9.17) is 0 Å². The number of benzene rings is 1. The number of alkyl halides is 6. The summed E-state index contributed by atoms with van der Waals surface area (Å²) in [4.78, 5) is 10.9. The zero-order valence-electron chi connectivity index (χ0n) is 11.9. The van der Waals surface area contributed by atoms with Crippen molar-refractivity contribution in [3.8, 4) is 11.5 Å². The van der Waals surface area contributed by atoms with Gasteiger partial charge in [0, 0.05) is 11.1 Å². The average Bonchev–Trinajstić information content (AvgIpc) is 2.31. The summed E-state index contributed by atoms with van der Waals surface area (Å²) in [6.07, 6.45) is -10.1. The smallest absolute Gasteiger partial charge is 0.298 e. The van der Waals surface area contributed by atoms with E-state index in [1.165, 1.54) is 0 Å². The van der Waals surface area contributed by atoms with Gasteiger partial charge >= 0.3 is 12.4 Å². The number of carbonyl (C=O) groups is 1. The molecule has 0 atom stereocenters. The Morgan fingerprint density at radius 1 is 1.00 bits per heavy atom. The SMILES string of the molecule is C[Si](C)(C)C#Cc1c(C=O)cc(C(F)(F)F)cc1C(F)(F)F. The minimum absolute atomic E-state index is 0.0127. The topological polar surface area (TPSA) is 17.1 Å². The Bertz CT molecular complexity index is 641. The molecule has 0 amide bonds. The van der Waals surface area contributed by atoms with Gasteiger partial charge in [-0.25, -0.2) is 0 Å². The minimum atomic E-state index is -5.04. The van der Waals surface area contributed by atoms with E-state index < -0.39 is 42.7 Å². The molecule has 1 nitrogen and oxygen atoms in total. The lowest BCUT2D eigenvalue weighted by Crippen LogP contribution is -2.18. The molecule has 22 heavy (non-hydrogen) atoms. The van der Waals surface area contributed by atoms with Gasteiger partial charge in [-0.2, -0.15) is 26.3 Å². The molecule has 120 valence electrons. The number of hydrogen-bond acceptors (Lipinski definition) is 1. The zero-order valence-corrected chi connectivity index (χ0v) is 12.9. The Labute approximate surface area is 124 Å². The molecule has 1 rings (SSSR count). The largest absolute Gasteiger partial charge is 0.417 e. The van der Waals surface area contributed by atoms with E-state index in [0.717, 1.165) is 0 Å². The van der Waals surface area contributed by atoms with Crippen LogP contribution < -0.4 is 0 Å². The van der Waals surface area contributed by atoms with E-state index in [-0.39, 0.29) is 12.4 Å². The molecular weight excluding hydrogens is 326 g/mol. The third-order valence-electron chi connectivity index (χ3n) is 2.49. The quantitative estimate of drug-likeness (QED) is 0.312. The Morgan fingerprint density at radius 3 is 1.91 bits per heavy atom. The highest BCUT2D eigenvalue weighted by Crippen LogP contribution is 2.38. The molecule has 0 unspecified atom stereocenters. The number of rotatable bonds is 1. The molecule has 0 aromatic heterocycles. The van der Waals surface area contributed by atoms with Crippen LogP contribution in [0, 0.1) is 11.5 Å². The van der Waals surface area contributed by atoms with Crippen molar-refractivity contribution < 1.29 is 31.1 Å². The van der Waals surface area contributed by atoms with Crippen molar-refractivity contribution in [1.29, 1.82) is 0 Å². The highest BCUT2D eigenvalue weighted by molar-refractivity contribution is 6.83. The van der Waals surface area contributed by atoms with Crippen LogP contribution in [0.5, 0.6) is 0 Å². The first-order valence-corrected chi connectivity index (χ1v) is 9.56. The van der Waals surface area contributed by atoms with Gasteiger partial charge in [0.25, 0.3) is 0 Å². The van der Waals surface area contributed by atoms with E-state index in [0.29, 0.717) is 6.07 Å². The van der Waals surface area contributed by atoms with Gasteiger partial charge in [-0.05, 0) is 12.1 Å². The molecule has 0 fully saturated rings. The molecule has 0 saturated carbocycles. The summed E-state index contributed by atoms with van der Waals surface area (Å²) >= 11 is 0. The molecule has 0 aliphatic heterocycles. The lowest BCUT2D eigenvalue weighted by atomic mass is 9.98. The van der Waals surface area contributed by atoms with Crippen molar-refractivity contribution in [3.05, 3.63) is 34.4 Å². The normalized spacial score (nSPS) is 12.6. The van der Waals surface area contributed by atoms with Crippen molar-refractivity contribution >= 4 is 14.4 Å². The standard InChI is InChI=1S/C14H12F6OSi/c1-22(2,3)5-4-11-9(8-21)6-10(13(15,16)17)7-12(11)14(18,19)20/h6-8H,1-3H3. The number of aldehydes is 1. The number of carbonyl (C=O) groups excluding carboxylic acids is 1. The van der Waals surface area contributed by atoms with Gasteiger partial charge in [-0.3, -0.25) is 4.79 Å². The van der Waals surface area contributed by atoms with Gasteiger partial charge in [0.1, 0.15) is 8.07 Å². The van der Waals surface area contributed by atoms with Crippen LogP contribution in [0.3, 0.4) is 0 Å². The van der Waals surface area contributed by atoms with Crippen molar-refractivity contribution in [2.24, 2.45) is 0 Å². The maximum atomic E-state index is 13.0. The third-order valence-corrected chi connectivity index (χ3v) is 3.37. The van der Waals surface area contributed by atoms with Crippen LogP contribution in [0.25, 0.3) is 0 Å². The summed E-state index contributed by atoms with van der Waals surface area (Å²) in [6, 6.07) is 0.373. The van der Waals surface area contributed by atoms with E-state index in [9.17, 15) is 31.1 Å². The maximum Gasteiger partial charge on any atom is 0.417 e. The Kier molecular flexibility index (Phi) is 4.82. The second kappa shape index (κ2) is 5.80. The van der Waals surface area contributed by atoms with E-state index in [2.05, 4.69) is 11.5 Å². The minimum Gasteiger partial charge on any atom is -0.298 e. The van der Waals surface area contributed by atoms with Crippen molar-refractivity contribution in [1.82, 2.24) is 0 Å². The van der Waals surface area contributed by atoms with Crippen LogP contribution in [-0.2, 0) is 12.4 Å². The highest BCUT2D eigenvalue weighted by atomic mass is 28.3. The van der Waals surface area contributed by atoms with Crippen LogP contribution in [0.15, 0.2) is 12.1 Å². The number of hydrogen-bond donors (Lipinski definition) is 0. The first-order chi connectivity index (χ1) is 9.75. The van der Waals surface area contributed by atoms with Crippen LogP contribution in [0.4, 0.5) is 26.3 Å². The van der Waals surface area contributed by atoms with Gasteiger partial charge in [0.05, 0.1) is 11.1 Å². The van der Waals surface area contributed by atoms with Gasteiger partial charge in [-0.15, -0.1) is 5.54 Å². The molecule has 0 aliphatic carbocycles. The fraction of sp³-hybridized carbons (Fsp3) is 0.357. The Balaban J connectivity index is 3.73. The van der Waals surface area contributed by atoms with Gasteiger partial charge in [-0.1, -0.05) is 25.6 Å². The molecule has 0 heterocycles. The van der Waals surface area contributed by atoms with Crippen LogP contribution in [0.2, 0.25) is 19.6 Å². The number of halogens is 6. The maximum absolute atomic E-state index is 13.0. The zero-order chi connectivity index (χ0) is 17.3. The second-order valence-corrected chi connectivity index (χ2v) is 10.4. The molecule has 1 aromatic rings. The molecule has 0 saturated heterocycles. The Hall–Kier alpha value is -1.75. The molecule has 0 bridgehead atoms. The average molecular weight is 338 g/mol.